The third-order valence-corrected chi connectivity index (χ3v) is 2.83. The second-order valence-electron chi connectivity index (χ2n) is 4.39. The first-order valence-corrected chi connectivity index (χ1v) is 6.06. The molecule has 0 aliphatic carbocycles. The quantitative estimate of drug-likeness (QED) is 0.859. The van der Waals surface area contributed by atoms with Crippen LogP contribution in [0.2, 0.25) is 0 Å². The lowest BCUT2D eigenvalue weighted by Gasteiger charge is -2.26. The van der Waals surface area contributed by atoms with Crippen LogP contribution < -0.4 is 10.6 Å². The maximum atomic E-state index is 13.1. The number of benzene rings is 1. The minimum Gasteiger partial charge on any atom is -0.445 e. The number of amides is 1. The number of hydrogen-bond acceptors (Lipinski definition) is 3. The highest BCUT2D eigenvalue weighted by atomic mass is 19.1. The van der Waals surface area contributed by atoms with Gasteiger partial charge in [-0.3, -0.25) is 0 Å². The van der Waals surface area contributed by atoms with Crippen molar-refractivity contribution in [3.05, 3.63) is 35.9 Å². The largest absolute Gasteiger partial charge is 0.445 e. The second kappa shape index (κ2) is 6.35. The molecule has 18 heavy (non-hydrogen) atoms. The molecule has 2 N–H and O–H groups in total. The fraction of sp³-hybridized carbons (Fsp3) is 0.462. The van der Waals surface area contributed by atoms with E-state index in [1.54, 1.807) is 0 Å². The third-order valence-electron chi connectivity index (χ3n) is 2.83. The molecule has 4 nitrogen and oxygen atoms in total. The lowest BCUT2D eigenvalue weighted by molar-refractivity contribution is 0.129. The molecule has 1 heterocycles. The van der Waals surface area contributed by atoms with E-state index >= 15 is 0 Å². The Kier molecular flexibility index (Phi) is 4.52. The molecule has 1 aromatic carbocycles. The average Bonchev–Trinajstić information content (AvgIpc) is 2.38. The summed E-state index contributed by atoms with van der Waals surface area (Å²) in [6.45, 7) is 1.17. The Balaban J connectivity index is 1.72. The van der Waals surface area contributed by atoms with Crippen LogP contribution in [0.5, 0.6) is 0 Å². The van der Waals surface area contributed by atoms with Gasteiger partial charge in [0.25, 0.3) is 0 Å². The summed E-state index contributed by atoms with van der Waals surface area (Å²) in [6, 6.07) is 9.24. The zero-order valence-corrected chi connectivity index (χ0v) is 10.1. The number of nitrogens with one attached hydrogen (secondary N) is 2. The van der Waals surface area contributed by atoms with E-state index in [1.165, 1.54) is 0 Å². The van der Waals surface area contributed by atoms with Crippen LogP contribution in [-0.4, -0.2) is 31.4 Å². The van der Waals surface area contributed by atoms with Gasteiger partial charge in [-0.25, -0.2) is 9.18 Å². The van der Waals surface area contributed by atoms with E-state index < -0.39 is 12.3 Å². The van der Waals surface area contributed by atoms with Crippen molar-refractivity contribution in [3.63, 3.8) is 0 Å². The van der Waals surface area contributed by atoms with Crippen LogP contribution in [0.25, 0.3) is 0 Å². The van der Waals surface area contributed by atoms with Crippen LogP contribution in [-0.2, 0) is 11.3 Å². The van der Waals surface area contributed by atoms with E-state index in [0.717, 1.165) is 5.56 Å². The smallest absolute Gasteiger partial charge is 0.407 e. The number of alkyl halides is 1. The Bertz CT molecular complexity index is 386. The van der Waals surface area contributed by atoms with Gasteiger partial charge in [-0.2, -0.15) is 0 Å². The molecule has 2 atom stereocenters. The lowest BCUT2D eigenvalue weighted by atomic mass is 10.1. The van der Waals surface area contributed by atoms with Crippen molar-refractivity contribution in [2.24, 2.45) is 0 Å². The zero-order chi connectivity index (χ0) is 12.8. The van der Waals surface area contributed by atoms with Crippen LogP contribution in [0.1, 0.15) is 12.0 Å². The summed E-state index contributed by atoms with van der Waals surface area (Å²) in [4.78, 5) is 11.5. The van der Waals surface area contributed by atoms with E-state index in [-0.39, 0.29) is 12.6 Å². The maximum absolute atomic E-state index is 13.1. The molecule has 1 amide bonds. The van der Waals surface area contributed by atoms with Crippen molar-refractivity contribution in [1.29, 1.82) is 0 Å². The van der Waals surface area contributed by atoms with Crippen LogP contribution in [0, 0.1) is 0 Å². The highest BCUT2D eigenvalue weighted by Crippen LogP contribution is 2.07. The summed E-state index contributed by atoms with van der Waals surface area (Å²) in [6.07, 6.45) is -1.06. The fourth-order valence-electron chi connectivity index (χ4n) is 1.93. The standard InChI is InChI=1S/C13H17FN2O2/c14-11-6-12(8-15-7-11)16-13(17)18-9-10-4-2-1-3-5-10/h1-5,11-12,15H,6-9H2,(H,16,17)/t11-,12+/m1/s1. The molecule has 1 fully saturated rings. The predicted molar refractivity (Wildman–Crippen MR) is 65.9 cm³/mol. The van der Waals surface area contributed by atoms with Crippen LogP contribution in [0.15, 0.2) is 30.3 Å². The Morgan fingerprint density at radius 2 is 2.17 bits per heavy atom. The molecule has 1 aromatic rings. The van der Waals surface area contributed by atoms with Crippen molar-refractivity contribution in [2.45, 2.75) is 25.2 Å². The van der Waals surface area contributed by atoms with E-state index in [9.17, 15) is 9.18 Å². The number of carbonyl (C=O) groups is 1. The molecular formula is C13H17FN2O2. The lowest BCUT2D eigenvalue weighted by Crippen LogP contribution is -2.49. The molecule has 0 bridgehead atoms. The number of halogens is 1. The minimum absolute atomic E-state index is 0.197. The number of alkyl carbamates (subject to hydrolysis) is 1. The third kappa shape index (κ3) is 4.00. The van der Waals surface area contributed by atoms with Crippen molar-refractivity contribution in [3.8, 4) is 0 Å². The Morgan fingerprint density at radius 3 is 2.89 bits per heavy atom. The molecule has 98 valence electrons. The first-order valence-electron chi connectivity index (χ1n) is 6.06. The van der Waals surface area contributed by atoms with Crippen LogP contribution in [0.4, 0.5) is 9.18 Å². The summed E-state index contributed by atoms with van der Waals surface area (Å²) in [5.41, 5.74) is 0.929. The van der Waals surface area contributed by atoms with Gasteiger partial charge in [-0.05, 0) is 5.56 Å². The van der Waals surface area contributed by atoms with Gasteiger partial charge >= 0.3 is 6.09 Å². The summed E-state index contributed by atoms with van der Waals surface area (Å²) < 4.78 is 18.1. The first kappa shape index (κ1) is 12.8. The van der Waals surface area contributed by atoms with Gasteiger partial charge in [0.2, 0.25) is 0 Å². The van der Waals surface area contributed by atoms with Gasteiger partial charge in [-0.15, -0.1) is 0 Å². The summed E-state index contributed by atoms with van der Waals surface area (Å²) in [5, 5.41) is 5.57. The molecule has 1 saturated heterocycles. The average molecular weight is 252 g/mol. The minimum atomic E-state index is -0.904. The SMILES string of the molecule is O=C(N[C@@H]1CNC[C@H](F)C1)OCc1ccccc1. The highest BCUT2D eigenvalue weighted by Gasteiger charge is 2.22. The normalized spacial score (nSPS) is 23.4. The fourth-order valence-corrected chi connectivity index (χ4v) is 1.93. The second-order valence-corrected chi connectivity index (χ2v) is 4.39. The van der Waals surface area contributed by atoms with Gasteiger partial charge in [0.05, 0.1) is 0 Å². The molecule has 0 aromatic heterocycles. The molecular weight excluding hydrogens is 235 g/mol. The van der Waals surface area contributed by atoms with Crippen molar-refractivity contribution in [1.82, 2.24) is 10.6 Å². The van der Waals surface area contributed by atoms with Crippen LogP contribution in [0.3, 0.4) is 0 Å². The molecule has 0 spiro atoms. The van der Waals surface area contributed by atoms with Gasteiger partial charge in [0.1, 0.15) is 12.8 Å². The van der Waals surface area contributed by atoms with Crippen molar-refractivity contribution < 1.29 is 13.9 Å². The first-order chi connectivity index (χ1) is 8.74. The van der Waals surface area contributed by atoms with Gasteiger partial charge < -0.3 is 15.4 Å². The zero-order valence-electron chi connectivity index (χ0n) is 10.1. The molecule has 1 aliphatic heterocycles. The number of hydrogen-bond donors (Lipinski definition) is 2. The number of carbonyl (C=O) groups excluding carboxylic acids is 1. The van der Waals surface area contributed by atoms with Gasteiger partial charge in [-0.1, -0.05) is 30.3 Å². The molecule has 0 saturated carbocycles. The monoisotopic (exact) mass is 252 g/mol. The van der Waals surface area contributed by atoms with Gasteiger partial charge in [0, 0.05) is 25.6 Å². The van der Waals surface area contributed by atoms with Crippen molar-refractivity contribution in [2.75, 3.05) is 13.1 Å². The number of rotatable bonds is 3. The van der Waals surface area contributed by atoms with Gasteiger partial charge in [0.15, 0.2) is 0 Å². The van der Waals surface area contributed by atoms with Crippen LogP contribution >= 0.6 is 0 Å². The maximum Gasteiger partial charge on any atom is 0.407 e. The number of ether oxygens (including phenoxy) is 1. The van der Waals surface area contributed by atoms with Crippen molar-refractivity contribution >= 4 is 6.09 Å². The molecule has 0 unspecified atom stereocenters. The summed E-state index contributed by atoms with van der Waals surface area (Å²) in [7, 11) is 0. The van der Waals surface area contributed by atoms with E-state index in [0.29, 0.717) is 19.5 Å². The van der Waals surface area contributed by atoms with E-state index in [4.69, 9.17) is 4.74 Å². The topological polar surface area (TPSA) is 50.4 Å². The van der Waals surface area contributed by atoms with E-state index in [2.05, 4.69) is 10.6 Å². The summed E-state index contributed by atoms with van der Waals surface area (Å²) in [5.74, 6) is 0. The summed E-state index contributed by atoms with van der Waals surface area (Å²) >= 11 is 0. The highest BCUT2D eigenvalue weighted by molar-refractivity contribution is 5.67. The molecule has 2 rings (SSSR count). The Labute approximate surface area is 106 Å². The molecule has 1 aliphatic rings. The Hall–Kier alpha value is -1.62. The molecule has 0 radical (unpaired) electrons. The van der Waals surface area contributed by atoms with E-state index in [1.807, 2.05) is 30.3 Å². The predicted octanol–water partition coefficient (Wildman–Crippen LogP) is 1.61. The molecule has 5 heteroatoms. The Morgan fingerprint density at radius 1 is 1.39 bits per heavy atom. The number of piperidine rings is 1.